The third-order valence-electron chi connectivity index (χ3n) is 4.35. The predicted octanol–water partition coefficient (Wildman–Crippen LogP) is 3.62. The maximum absolute atomic E-state index is 12.4. The van der Waals surface area contributed by atoms with Gasteiger partial charge in [0.25, 0.3) is 5.69 Å². The van der Waals surface area contributed by atoms with Gasteiger partial charge in [0, 0.05) is 22.6 Å². The van der Waals surface area contributed by atoms with Gasteiger partial charge in [0.05, 0.1) is 24.1 Å². The maximum Gasteiger partial charge on any atom is 0.341 e. The molecular weight excluding hydrogens is 356 g/mol. The van der Waals surface area contributed by atoms with Crippen molar-refractivity contribution in [1.82, 2.24) is 0 Å². The van der Waals surface area contributed by atoms with Gasteiger partial charge in [0.2, 0.25) is 0 Å². The first-order valence-corrected chi connectivity index (χ1v) is 9.07. The van der Waals surface area contributed by atoms with Crippen LogP contribution in [0, 0.1) is 10.1 Å². The zero-order valence-corrected chi connectivity index (χ0v) is 15.1. The molecular formula is C18H18N2O5S. The van der Waals surface area contributed by atoms with Crippen molar-refractivity contribution in [2.75, 3.05) is 19.0 Å². The Morgan fingerprint density at radius 3 is 2.81 bits per heavy atom. The number of anilines is 1. The van der Waals surface area contributed by atoms with Crippen molar-refractivity contribution in [3.8, 4) is 0 Å². The molecule has 3 rings (SSSR count). The molecule has 7 nitrogen and oxygen atoms in total. The molecule has 0 amide bonds. The number of carbonyl (C=O) groups excluding carboxylic acids is 2. The van der Waals surface area contributed by atoms with Crippen LogP contribution in [0.5, 0.6) is 0 Å². The predicted molar refractivity (Wildman–Crippen MR) is 98.2 cm³/mol. The lowest BCUT2D eigenvalue weighted by Gasteiger charge is -2.11. The molecule has 0 atom stereocenters. The van der Waals surface area contributed by atoms with Crippen molar-refractivity contribution in [1.29, 1.82) is 0 Å². The number of fused-ring (bicyclic) bond motifs is 1. The molecule has 0 saturated carbocycles. The van der Waals surface area contributed by atoms with Crippen molar-refractivity contribution in [2.24, 2.45) is 0 Å². The molecule has 1 N–H and O–H groups in total. The molecule has 0 radical (unpaired) electrons. The normalized spacial score (nSPS) is 13.0. The number of aryl methyl sites for hydroxylation is 1. The van der Waals surface area contributed by atoms with E-state index in [1.807, 2.05) is 0 Å². The summed E-state index contributed by atoms with van der Waals surface area (Å²) in [5.74, 6) is -0.689. The standard InChI is InChI=1S/C18H18N2O5S/c1-25-18(22)16-13-7-2-3-8-15(13)26-17(16)19-10-14(21)11-5-4-6-12(9-11)20(23)24/h4-6,9,19H,2-3,7-8,10H2,1H3. The van der Waals surface area contributed by atoms with Gasteiger partial charge in [-0.3, -0.25) is 14.9 Å². The average molecular weight is 374 g/mol. The number of nitro benzene ring substituents is 1. The van der Waals surface area contributed by atoms with E-state index in [2.05, 4.69) is 5.32 Å². The van der Waals surface area contributed by atoms with E-state index in [4.69, 9.17) is 4.74 Å². The highest BCUT2D eigenvalue weighted by molar-refractivity contribution is 7.16. The Morgan fingerprint density at radius 2 is 2.08 bits per heavy atom. The van der Waals surface area contributed by atoms with E-state index in [0.717, 1.165) is 36.1 Å². The highest BCUT2D eigenvalue weighted by Gasteiger charge is 2.26. The Labute approximate surface area is 154 Å². The number of nitrogens with one attached hydrogen (secondary N) is 1. The minimum Gasteiger partial charge on any atom is -0.465 e. The molecule has 1 aliphatic rings. The number of hydrogen-bond donors (Lipinski definition) is 1. The van der Waals surface area contributed by atoms with Gasteiger partial charge in [-0.25, -0.2) is 4.79 Å². The van der Waals surface area contributed by atoms with Crippen LogP contribution in [0.15, 0.2) is 24.3 Å². The summed E-state index contributed by atoms with van der Waals surface area (Å²) in [7, 11) is 1.34. The number of Topliss-reactive ketones (excluding diaryl/α,β-unsaturated/α-hetero) is 1. The lowest BCUT2D eigenvalue weighted by molar-refractivity contribution is -0.384. The molecule has 0 unspecified atom stereocenters. The van der Waals surface area contributed by atoms with Gasteiger partial charge < -0.3 is 10.1 Å². The Morgan fingerprint density at radius 1 is 1.31 bits per heavy atom. The van der Waals surface area contributed by atoms with E-state index < -0.39 is 10.9 Å². The van der Waals surface area contributed by atoms with Crippen LogP contribution in [0.3, 0.4) is 0 Å². The van der Waals surface area contributed by atoms with Gasteiger partial charge in [-0.05, 0) is 31.2 Å². The van der Waals surface area contributed by atoms with Crippen LogP contribution in [0.25, 0.3) is 0 Å². The number of nitro groups is 1. The van der Waals surface area contributed by atoms with Gasteiger partial charge >= 0.3 is 5.97 Å². The van der Waals surface area contributed by atoms with Crippen LogP contribution in [0.2, 0.25) is 0 Å². The molecule has 8 heteroatoms. The molecule has 1 aromatic carbocycles. The second kappa shape index (κ2) is 7.65. The second-order valence-corrected chi connectivity index (χ2v) is 7.10. The largest absolute Gasteiger partial charge is 0.465 e. The number of ketones is 1. The Kier molecular flexibility index (Phi) is 5.32. The van der Waals surface area contributed by atoms with Crippen molar-refractivity contribution in [3.05, 3.63) is 55.9 Å². The molecule has 1 aliphatic carbocycles. The summed E-state index contributed by atoms with van der Waals surface area (Å²) in [5, 5.41) is 14.5. The Balaban J connectivity index is 1.80. The smallest absolute Gasteiger partial charge is 0.341 e. The van der Waals surface area contributed by atoms with Crippen molar-refractivity contribution in [2.45, 2.75) is 25.7 Å². The molecule has 136 valence electrons. The molecule has 1 heterocycles. The first-order valence-electron chi connectivity index (χ1n) is 8.25. The van der Waals surface area contributed by atoms with E-state index >= 15 is 0 Å². The molecule has 0 bridgehead atoms. The zero-order valence-electron chi connectivity index (χ0n) is 14.2. The van der Waals surface area contributed by atoms with Crippen molar-refractivity contribution < 1.29 is 19.2 Å². The molecule has 0 aliphatic heterocycles. The summed E-state index contributed by atoms with van der Waals surface area (Å²) < 4.78 is 4.90. The molecule has 0 fully saturated rings. The molecule has 2 aromatic rings. The monoisotopic (exact) mass is 374 g/mol. The van der Waals surface area contributed by atoms with Crippen LogP contribution in [0.1, 0.15) is 44.0 Å². The summed E-state index contributed by atoms with van der Waals surface area (Å²) >= 11 is 1.48. The van der Waals surface area contributed by atoms with E-state index in [9.17, 15) is 19.7 Å². The van der Waals surface area contributed by atoms with E-state index in [-0.39, 0.29) is 23.6 Å². The lowest BCUT2D eigenvalue weighted by atomic mass is 9.95. The minimum atomic E-state index is -0.535. The van der Waals surface area contributed by atoms with Crippen LogP contribution in [-0.2, 0) is 17.6 Å². The second-order valence-electron chi connectivity index (χ2n) is 5.99. The van der Waals surface area contributed by atoms with Gasteiger partial charge in [0.15, 0.2) is 5.78 Å². The lowest BCUT2D eigenvalue weighted by Crippen LogP contribution is -2.16. The van der Waals surface area contributed by atoms with Gasteiger partial charge in [-0.2, -0.15) is 0 Å². The fourth-order valence-electron chi connectivity index (χ4n) is 3.06. The topological polar surface area (TPSA) is 98.5 Å². The number of rotatable bonds is 6. The molecule has 1 aromatic heterocycles. The number of benzene rings is 1. The van der Waals surface area contributed by atoms with Crippen LogP contribution in [0.4, 0.5) is 10.7 Å². The summed E-state index contributed by atoms with van der Waals surface area (Å²) in [4.78, 5) is 36.0. The third-order valence-corrected chi connectivity index (χ3v) is 5.60. The first-order chi connectivity index (χ1) is 12.5. The molecule has 26 heavy (non-hydrogen) atoms. The Bertz CT molecular complexity index is 874. The third kappa shape index (κ3) is 3.60. The summed E-state index contributed by atoms with van der Waals surface area (Å²) in [6, 6.07) is 5.62. The molecule has 0 saturated heterocycles. The minimum absolute atomic E-state index is 0.0510. The van der Waals surface area contributed by atoms with Crippen LogP contribution in [-0.4, -0.2) is 30.3 Å². The summed E-state index contributed by atoms with van der Waals surface area (Å²) in [5.41, 5.74) is 1.66. The maximum atomic E-state index is 12.4. The van der Waals surface area contributed by atoms with Crippen LogP contribution < -0.4 is 5.32 Å². The number of hydrogen-bond acceptors (Lipinski definition) is 7. The fourth-order valence-corrected chi connectivity index (χ4v) is 4.34. The van der Waals surface area contributed by atoms with Gasteiger partial charge in [-0.1, -0.05) is 12.1 Å². The molecule has 0 spiro atoms. The SMILES string of the molecule is COC(=O)c1c(NCC(=O)c2cccc([N+](=O)[O-])c2)sc2c1CCCC2. The van der Waals surface area contributed by atoms with Crippen molar-refractivity contribution >= 4 is 33.8 Å². The summed E-state index contributed by atoms with van der Waals surface area (Å²) in [6.45, 7) is -0.0510. The van der Waals surface area contributed by atoms with E-state index in [1.54, 1.807) is 0 Å². The highest BCUT2D eigenvalue weighted by atomic mass is 32.1. The summed E-state index contributed by atoms with van der Waals surface area (Å²) in [6.07, 6.45) is 3.86. The number of thiophene rings is 1. The first kappa shape index (κ1) is 18.1. The van der Waals surface area contributed by atoms with Crippen molar-refractivity contribution in [3.63, 3.8) is 0 Å². The van der Waals surface area contributed by atoms with E-state index in [0.29, 0.717) is 10.6 Å². The van der Waals surface area contributed by atoms with Gasteiger partial charge in [-0.15, -0.1) is 11.3 Å². The average Bonchev–Trinajstić information content (AvgIpc) is 3.04. The number of non-ortho nitro benzene ring substituents is 1. The van der Waals surface area contributed by atoms with Gasteiger partial charge in [0.1, 0.15) is 5.00 Å². The quantitative estimate of drug-likeness (QED) is 0.359. The number of carbonyl (C=O) groups is 2. The number of esters is 1. The number of nitrogens with zero attached hydrogens (tertiary/aromatic N) is 1. The number of ether oxygens (including phenoxy) is 1. The Hall–Kier alpha value is -2.74. The van der Waals surface area contributed by atoms with Crippen LogP contribution >= 0.6 is 11.3 Å². The van der Waals surface area contributed by atoms with E-state index in [1.165, 1.54) is 42.7 Å². The highest BCUT2D eigenvalue weighted by Crippen LogP contribution is 2.38. The fraction of sp³-hybridized carbons (Fsp3) is 0.333. The number of methoxy groups -OCH3 is 1. The zero-order chi connectivity index (χ0) is 18.7.